The smallest absolute Gasteiger partial charge is 0.161 e. The van der Waals surface area contributed by atoms with Crippen LogP contribution in [0.4, 0.5) is 0 Å². The Balaban J connectivity index is 1.86. The first-order chi connectivity index (χ1) is 10.2. The Morgan fingerprint density at radius 1 is 1.24 bits per heavy atom. The molecule has 0 bridgehead atoms. The first kappa shape index (κ1) is 16.1. The van der Waals surface area contributed by atoms with Crippen molar-refractivity contribution in [3.8, 4) is 11.5 Å². The van der Waals surface area contributed by atoms with Crippen molar-refractivity contribution in [1.82, 2.24) is 5.32 Å². The molecule has 1 N–H and O–H groups in total. The minimum absolute atomic E-state index is 0.392. The Bertz CT molecular complexity index is 448. The van der Waals surface area contributed by atoms with Crippen molar-refractivity contribution >= 4 is 0 Å². The summed E-state index contributed by atoms with van der Waals surface area (Å²) in [7, 11) is 3.32. The molecule has 1 heterocycles. The van der Waals surface area contributed by atoms with Crippen LogP contribution in [0.2, 0.25) is 0 Å². The number of methoxy groups -OCH3 is 2. The molecule has 2 atom stereocenters. The van der Waals surface area contributed by atoms with Crippen LogP contribution in [-0.4, -0.2) is 33.5 Å². The lowest BCUT2D eigenvalue weighted by Gasteiger charge is -2.22. The molecule has 1 saturated heterocycles. The van der Waals surface area contributed by atoms with Gasteiger partial charge in [0.05, 0.1) is 20.3 Å². The van der Waals surface area contributed by atoms with Gasteiger partial charge < -0.3 is 19.5 Å². The molecule has 0 spiro atoms. The highest BCUT2D eigenvalue weighted by Crippen LogP contribution is 2.28. The van der Waals surface area contributed by atoms with Crippen molar-refractivity contribution in [3.05, 3.63) is 23.8 Å². The molecule has 0 aromatic heterocycles. The molecule has 2 rings (SSSR count). The Kier molecular flexibility index (Phi) is 5.88. The van der Waals surface area contributed by atoms with E-state index in [9.17, 15) is 0 Å². The lowest BCUT2D eigenvalue weighted by atomic mass is 9.93. The van der Waals surface area contributed by atoms with Gasteiger partial charge in [-0.15, -0.1) is 0 Å². The summed E-state index contributed by atoms with van der Waals surface area (Å²) >= 11 is 0. The topological polar surface area (TPSA) is 39.7 Å². The highest BCUT2D eigenvalue weighted by molar-refractivity contribution is 5.42. The lowest BCUT2D eigenvalue weighted by Crippen LogP contribution is -2.31. The Morgan fingerprint density at radius 3 is 2.67 bits per heavy atom. The van der Waals surface area contributed by atoms with Crippen LogP contribution < -0.4 is 14.8 Å². The molecule has 1 aromatic carbocycles. The summed E-state index contributed by atoms with van der Waals surface area (Å²) in [5, 5.41) is 3.54. The number of ether oxygens (including phenoxy) is 3. The summed E-state index contributed by atoms with van der Waals surface area (Å²) in [5.41, 5.74) is 1.20. The van der Waals surface area contributed by atoms with Crippen LogP contribution in [0.5, 0.6) is 11.5 Å². The number of benzene rings is 1. The number of hydrogen-bond donors (Lipinski definition) is 1. The molecule has 0 saturated carbocycles. The van der Waals surface area contributed by atoms with Crippen molar-refractivity contribution < 1.29 is 14.2 Å². The molecule has 4 nitrogen and oxygen atoms in total. The van der Waals surface area contributed by atoms with Crippen LogP contribution >= 0.6 is 0 Å². The molecule has 0 radical (unpaired) electrons. The van der Waals surface area contributed by atoms with E-state index in [1.807, 2.05) is 12.1 Å². The van der Waals surface area contributed by atoms with E-state index in [1.54, 1.807) is 14.2 Å². The Hall–Kier alpha value is -1.26. The van der Waals surface area contributed by atoms with Gasteiger partial charge in [0.2, 0.25) is 0 Å². The summed E-state index contributed by atoms with van der Waals surface area (Å²) in [4.78, 5) is 0. The summed E-state index contributed by atoms with van der Waals surface area (Å²) in [6, 6.07) is 6.04. The molecule has 118 valence electrons. The van der Waals surface area contributed by atoms with Crippen molar-refractivity contribution in [1.29, 1.82) is 0 Å². The third kappa shape index (κ3) is 4.11. The average molecular weight is 293 g/mol. The predicted octanol–water partition coefficient (Wildman–Crippen LogP) is 2.85. The van der Waals surface area contributed by atoms with Crippen molar-refractivity contribution in [2.45, 2.75) is 32.9 Å². The summed E-state index contributed by atoms with van der Waals surface area (Å²) < 4.78 is 16.4. The normalized spacial score (nSPS) is 21.8. The highest BCUT2D eigenvalue weighted by Gasteiger charge is 2.30. The van der Waals surface area contributed by atoms with E-state index < -0.39 is 0 Å². The van der Waals surface area contributed by atoms with Gasteiger partial charge in [-0.25, -0.2) is 0 Å². The summed E-state index contributed by atoms with van der Waals surface area (Å²) in [5.74, 6) is 2.75. The van der Waals surface area contributed by atoms with E-state index in [2.05, 4.69) is 25.2 Å². The van der Waals surface area contributed by atoms with Crippen molar-refractivity contribution in [2.75, 3.05) is 27.4 Å². The second-order valence-corrected chi connectivity index (χ2v) is 5.95. The van der Waals surface area contributed by atoms with Gasteiger partial charge in [0, 0.05) is 19.7 Å². The molecule has 0 aliphatic carbocycles. The Labute approximate surface area is 127 Å². The van der Waals surface area contributed by atoms with Gasteiger partial charge in [-0.3, -0.25) is 0 Å². The molecule has 0 amide bonds. The predicted molar refractivity (Wildman–Crippen MR) is 83.9 cm³/mol. The van der Waals surface area contributed by atoms with E-state index in [0.717, 1.165) is 37.6 Å². The minimum atomic E-state index is 0.392. The van der Waals surface area contributed by atoms with Gasteiger partial charge in [0.1, 0.15) is 0 Å². The quantitative estimate of drug-likeness (QED) is 0.839. The number of rotatable bonds is 7. The van der Waals surface area contributed by atoms with E-state index in [1.165, 1.54) is 5.56 Å². The zero-order chi connectivity index (χ0) is 15.2. The largest absolute Gasteiger partial charge is 0.493 e. The van der Waals surface area contributed by atoms with Crippen LogP contribution in [0.1, 0.15) is 25.8 Å². The van der Waals surface area contributed by atoms with Crippen LogP contribution in [0.15, 0.2) is 18.2 Å². The summed E-state index contributed by atoms with van der Waals surface area (Å²) in [6.45, 7) is 7.19. The van der Waals surface area contributed by atoms with E-state index in [0.29, 0.717) is 17.9 Å². The van der Waals surface area contributed by atoms with Gasteiger partial charge >= 0.3 is 0 Å². The fourth-order valence-corrected chi connectivity index (χ4v) is 3.00. The van der Waals surface area contributed by atoms with Crippen LogP contribution in [-0.2, 0) is 11.3 Å². The maximum absolute atomic E-state index is 5.82. The SMILES string of the molecule is COc1ccc(CNC[C@H]2CCO[C@@H]2C(C)C)cc1OC. The lowest BCUT2D eigenvalue weighted by molar-refractivity contribution is 0.0539. The number of nitrogens with one attached hydrogen (secondary N) is 1. The number of hydrogen-bond acceptors (Lipinski definition) is 4. The minimum Gasteiger partial charge on any atom is -0.493 e. The summed E-state index contributed by atoms with van der Waals surface area (Å²) in [6.07, 6.45) is 1.55. The monoisotopic (exact) mass is 293 g/mol. The fourth-order valence-electron chi connectivity index (χ4n) is 3.00. The van der Waals surface area contributed by atoms with Gasteiger partial charge in [-0.2, -0.15) is 0 Å². The van der Waals surface area contributed by atoms with Gasteiger partial charge in [0.15, 0.2) is 11.5 Å². The molecule has 1 aliphatic heterocycles. The molecular weight excluding hydrogens is 266 g/mol. The molecule has 21 heavy (non-hydrogen) atoms. The molecule has 4 heteroatoms. The third-order valence-electron chi connectivity index (χ3n) is 4.10. The fraction of sp³-hybridized carbons (Fsp3) is 0.647. The maximum Gasteiger partial charge on any atom is 0.161 e. The van der Waals surface area contributed by atoms with E-state index in [4.69, 9.17) is 14.2 Å². The van der Waals surface area contributed by atoms with Gasteiger partial charge in [0.25, 0.3) is 0 Å². The van der Waals surface area contributed by atoms with E-state index in [-0.39, 0.29) is 0 Å². The second kappa shape index (κ2) is 7.66. The zero-order valence-electron chi connectivity index (χ0n) is 13.5. The maximum atomic E-state index is 5.82. The molecular formula is C17H27NO3. The first-order valence-corrected chi connectivity index (χ1v) is 7.69. The average Bonchev–Trinajstić information content (AvgIpc) is 2.95. The Morgan fingerprint density at radius 2 is 2.00 bits per heavy atom. The van der Waals surface area contributed by atoms with Gasteiger partial charge in [-0.1, -0.05) is 19.9 Å². The molecule has 0 unspecified atom stereocenters. The molecule has 1 aromatic rings. The molecule has 1 aliphatic rings. The van der Waals surface area contributed by atoms with Gasteiger partial charge in [-0.05, 0) is 36.0 Å². The van der Waals surface area contributed by atoms with Crippen molar-refractivity contribution in [3.63, 3.8) is 0 Å². The van der Waals surface area contributed by atoms with Crippen LogP contribution in [0.3, 0.4) is 0 Å². The second-order valence-electron chi connectivity index (χ2n) is 5.95. The van der Waals surface area contributed by atoms with E-state index >= 15 is 0 Å². The zero-order valence-corrected chi connectivity index (χ0v) is 13.5. The first-order valence-electron chi connectivity index (χ1n) is 7.69. The third-order valence-corrected chi connectivity index (χ3v) is 4.10. The van der Waals surface area contributed by atoms with Crippen LogP contribution in [0.25, 0.3) is 0 Å². The van der Waals surface area contributed by atoms with Crippen LogP contribution in [0, 0.1) is 11.8 Å². The van der Waals surface area contributed by atoms with Crippen molar-refractivity contribution in [2.24, 2.45) is 11.8 Å². The molecule has 1 fully saturated rings. The standard InChI is InChI=1S/C17H27NO3/c1-12(2)17-14(7-8-21-17)11-18-10-13-5-6-15(19-3)16(9-13)20-4/h5-6,9,12,14,17-18H,7-8,10-11H2,1-4H3/t14-,17-/m1/s1. The highest BCUT2D eigenvalue weighted by atomic mass is 16.5.